The van der Waals surface area contributed by atoms with Crippen molar-refractivity contribution in [3.05, 3.63) is 41.6 Å². The monoisotopic (exact) mass is 258 g/mol. The van der Waals surface area contributed by atoms with Crippen LogP contribution in [-0.4, -0.2) is 26.6 Å². The number of hydrogen-bond acceptors (Lipinski definition) is 4. The molecule has 0 atom stereocenters. The first-order valence-corrected chi connectivity index (χ1v) is 7.07. The van der Waals surface area contributed by atoms with E-state index in [9.17, 15) is 0 Å². The molecule has 0 saturated heterocycles. The summed E-state index contributed by atoms with van der Waals surface area (Å²) >= 11 is 1.77. The summed E-state index contributed by atoms with van der Waals surface area (Å²) in [5.74, 6) is 0.883. The molecule has 5 heteroatoms. The van der Waals surface area contributed by atoms with Crippen molar-refractivity contribution in [1.29, 1.82) is 0 Å². The highest BCUT2D eigenvalue weighted by molar-refractivity contribution is 8.00. The maximum absolute atomic E-state index is 4.56. The van der Waals surface area contributed by atoms with Gasteiger partial charge in [-0.15, -0.1) is 9.89 Å². The third-order valence-corrected chi connectivity index (χ3v) is 3.92. The Kier molecular flexibility index (Phi) is 3.15. The van der Waals surface area contributed by atoms with Gasteiger partial charge in [0.05, 0.1) is 11.4 Å². The lowest BCUT2D eigenvalue weighted by Gasteiger charge is -2.12. The van der Waals surface area contributed by atoms with Gasteiger partial charge in [-0.1, -0.05) is 55.4 Å². The van der Waals surface area contributed by atoms with Gasteiger partial charge >= 0.3 is 0 Å². The van der Waals surface area contributed by atoms with E-state index in [-0.39, 0.29) is 0 Å². The third kappa shape index (κ3) is 2.06. The molecule has 0 aliphatic carbocycles. The van der Waals surface area contributed by atoms with Gasteiger partial charge in [0.1, 0.15) is 5.03 Å². The van der Waals surface area contributed by atoms with E-state index in [1.54, 1.807) is 16.6 Å². The lowest BCUT2D eigenvalue weighted by molar-refractivity contribution is 0.641. The van der Waals surface area contributed by atoms with Crippen molar-refractivity contribution >= 4 is 17.5 Å². The number of benzene rings is 1. The Bertz CT molecular complexity index is 574. The zero-order valence-electron chi connectivity index (χ0n) is 10.2. The molecule has 0 unspecified atom stereocenters. The first-order chi connectivity index (χ1) is 8.88. The summed E-state index contributed by atoms with van der Waals surface area (Å²) in [6.07, 6.45) is 2.06. The molecular formula is C13H14N4S. The van der Waals surface area contributed by atoms with Gasteiger partial charge in [-0.05, 0) is 17.2 Å². The van der Waals surface area contributed by atoms with Gasteiger partial charge in [-0.3, -0.25) is 0 Å². The molecule has 1 aliphatic rings. The second-order valence-corrected chi connectivity index (χ2v) is 5.15. The second kappa shape index (κ2) is 4.94. The highest BCUT2D eigenvalue weighted by Gasteiger charge is 2.19. The average molecular weight is 258 g/mol. The van der Waals surface area contributed by atoms with Crippen LogP contribution >= 0.6 is 11.8 Å². The van der Waals surface area contributed by atoms with Crippen LogP contribution in [0, 0.1) is 0 Å². The molecule has 3 rings (SSSR count). The van der Waals surface area contributed by atoms with Gasteiger partial charge in [0.25, 0.3) is 0 Å². The van der Waals surface area contributed by atoms with Crippen LogP contribution in [-0.2, 0) is 6.42 Å². The minimum atomic E-state index is 0.883. The summed E-state index contributed by atoms with van der Waals surface area (Å²) in [6, 6.07) is 10.2. The molecule has 1 aromatic heterocycles. The van der Waals surface area contributed by atoms with Crippen LogP contribution in [0.4, 0.5) is 0 Å². The van der Waals surface area contributed by atoms with E-state index in [1.165, 1.54) is 0 Å². The van der Waals surface area contributed by atoms with E-state index < -0.39 is 0 Å². The molecule has 92 valence electrons. The van der Waals surface area contributed by atoms with Gasteiger partial charge < -0.3 is 0 Å². The minimum Gasteiger partial charge on any atom is -0.152 e. The Morgan fingerprint density at radius 1 is 1.28 bits per heavy atom. The molecule has 2 heterocycles. The fourth-order valence-electron chi connectivity index (χ4n) is 1.95. The molecule has 0 N–H and O–H groups in total. The third-order valence-electron chi connectivity index (χ3n) is 2.83. The smallest absolute Gasteiger partial charge is 0.144 e. The molecular weight excluding hydrogens is 244 g/mol. The number of aromatic nitrogens is 3. The van der Waals surface area contributed by atoms with E-state index >= 15 is 0 Å². The molecule has 18 heavy (non-hydrogen) atoms. The summed E-state index contributed by atoms with van der Waals surface area (Å²) in [6.45, 7) is 2.15. The van der Waals surface area contributed by atoms with E-state index in [0.717, 1.165) is 40.6 Å². The largest absolute Gasteiger partial charge is 0.152 e. The Morgan fingerprint density at radius 3 is 2.89 bits per heavy atom. The molecule has 0 bridgehead atoms. The van der Waals surface area contributed by atoms with E-state index in [4.69, 9.17) is 0 Å². The first kappa shape index (κ1) is 11.5. The van der Waals surface area contributed by atoms with Crippen molar-refractivity contribution in [3.63, 3.8) is 0 Å². The van der Waals surface area contributed by atoms with Gasteiger partial charge in [0.2, 0.25) is 0 Å². The van der Waals surface area contributed by atoms with Crippen LogP contribution in [0.3, 0.4) is 0 Å². The minimum absolute atomic E-state index is 0.883. The van der Waals surface area contributed by atoms with Gasteiger partial charge in [-0.2, -0.15) is 5.10 Å². The molecule has 2 aromatic rings. The second-order valence-electron chi connectivity index (χ2n) is 4.18. The summed E-state index contributed by atoms with van der Waals surface area (Å²) in [7, 11) is 0. The summed E-state index contributed by atoms with van der Waals surface area (Å²) in [5, 5.41) is 14.0. The standard InChI is InChI=1S/C13H14N4S/c1-2-6-11-13-17(16-14-11)15-12(9-18-13)10-7-4-3-5-8-10/h3-5,7-8H,2,6,9H2,1H3. The van der Waals surface area contributed by atoms with Crippen molar-refractivity contribution in [2.45, 2.75) is 24.8 Å². The van der Waals surface area contributed by atoms with Crippen LogP contribution in [0.25, 0.3) is 0 Å². The molecule has 0 fully saturated rings. The van der Waals surface area contributed by atoms with Crippen molar-refractivity contribution in [1.82, 2.24) is 15.1 Å². The predicted octanol–water partition coefficient (Wildman–Crippen LogP) is 2.59. The van der Waals surface area contributed by atoms with Crippen molar-refractivity contribution < 1.29 is 0 Å². The lowest BCUT2D eigenvalue weighted by Crippen LogP contribution is -2.13. The lowest BCUT2D eigenvalue weighted by atomic mass is 10.1. The molecule has 0 radical (unpaired) electrons. The van der Waals surface area contributed by atoms with Crippen LogP contribution in [0.5, 0.6) is 0 Å². The Balaban J connectivity index is 1.95. The van der Waals surface area contributed by atoms with E-state index in [2.05, 4.69) is 34.5 Å². The molecule has 4 nitrogen and oxygen atoms in total. The number of rotatable bonds is 3. The molecule has 0 saturated carbocycles. The maximum atomic E-state index is 4.56. The molecule has 0 spiro atoms. The van der Waals surface area contributed by atoms with Crippen molar-refractivity contribution in [2.24, 2.45) is 5.10 Å². The van der Waals surface area contributed by atoms with Crippen LogP contribution in [0.15, 0.2) is 40.5 Å². The van der Waals surface area contributed by atoms with Gasteiger partial charge in [0, 0.05) is 5.75 Å². The van der Waals surface area contributed by atoms with E-state index in [0.29, 0.717) is 0 Å². The number of fused-ring (bicyclic) bond motifs is 1. The molecule has 1 aromatic carbocycles. The predicted molar refractivity (Wildman–Crippen MR) is 73.1 cm³/mol. The zero-order valence-corrected chi connectivity index (χ0v) is 11.0. The Labute approximate surface area is 110 Å². The fraction of sp³-hybridized carbons (Fsp3) is 0.308. The van der Waals surface area contributed by atoms with Crippen LogP contribution in [0.1, 0.15) is 24.6 Å². The number of hydrogen-bond donors (Lipinski definition) is 0. The SMILES string of the molecule is CCCc1nnn2c1SCC(c1ccccc1)=N2. The molecule has 0 amide bonds. The number of nitrogens with zero attached hydrogens (tertiary/aromatic N) is 4. The Hall–Kier alpha value is -1.62. The number of thioether (sulfide) groups is 1. The maximum Gasteiger partial charge on any atom is 0.144 e. The van der Waals surface area contributed by atoms with Crippen LogP contribution in [0.2, 0.25) is 0 Å². The van der Waals surface area contributed by atoms with Crippen LogP contribution < -0.4 is 0 Å². The Morgan fingerprint density at radius 2 is 2.11 bits per heavy atom. The summed E-state index contributed by atoms with van der Waals surface area (Å²) in [5.41, 5.74) is 3.28. The zero-order chi connectivity index (χ0) is 12.4. The topological polar surface area (TPSA) is 43.1 Å². The van der Waals surface area contributed by atoms with Gasteiger partial charge in [-0.25, -0.2) is 0 Å². The highest BCUT2D eigenvalue weighted by Crippen LogP contribution is 2.27. The highest BCUT2D eigenvalue weighted by atomic mass is 32.2. The quantitative estimate of drug-likeness (QED) is 0.850. The van der Waals surface area contributed by atoms with Gasteiger partial charge in [0.15, 0.2) is 0 Å². The van der Waals surface area contributed by atoms with Crippen molar-refractivity contribution in [3.8, 4) is 0 Å². The van der Waals surface area contributed by atoms with Crippen molar-refractivity contribution in [2.75, 3.05) is 5.75 Å². The normalized spacial score (nSPS) is 14.2. The summed E-state index contributed by atoms with van der Waals surface area (Å²) in [4.78, 5) is 1.67. The van der Waals surface area contributed by atoms with E-state index in [1.807, 2.05) is 18.2 Å². The average Bonchev–Trinajstić information content (AvgIpc) is 2.83. The summed E-state index contributed by atoms with van der Waals surface area (Å²) < 4.78 is 0. The first-order valence-electron chi connectivity index (χ1n) is 6.09. The fourth-order valence-corrected chi connectivity index (χ4v) is 2.95. The number of aryl methyl sites for hydroxylation is 1. The molecule has 1 aliphatic heterocycles.